The number of rotatable bonds is 6. The summed E-state index contributed by atoms with van der Waals surface area (Å²) in [6.45, 7) is 0.893. The van der Waals surface area contributed by atoms with Gasteiger partial charge in [-0.1, -0.05) is 30.2 Å². The molecule has 0 aliphatic rings. The highest BCUT2D eigenvalue weighted by Gasteiger charge is 2.11. The maximum atomic E-state index is 13.6. The fourth-order valence-electron chi connectivity index (χ4n) is 2.77. The van der Waals surface area contributed by atoms with Gasteiger partial charge in [0, 0.05) is 13.0 Å². The normalized spacial score (nSPS) is 10.6. The highest BCUT2D eigenvalue weighted by molar-refractivity contribution is 5.94. The Balaban J connectivity index is 1.62. The smallest absolute Gasteiger partial charge is 0.254 e. The van der Waals surface area contributed by atoms with E-state index < -0.39 is 11.7 Å². The summed E-state index contributed by atoms with van der Waals surface area (Å²) in [7, 11) is 0. The molecule has 0 aliphatic heterocycles. The van der Waals surface area contributed by atoms with Crippen LogP contribution in [0.2, 0.25) is 0 Å². The van der Waals surface area contributed by atoms with Crippen molar-refractivity contribution in [1.29, 1.82) is 0 Å². The van der Waals surface area contributed by atoms with Gasteiger partial charge < -0.3 is 9.88 Å². The Morgan fingerprint density at radius 1 is 1.20 bits per heavy atom. The van der Waals surface area contributed by atoms with Crippen molar-refractivity contribution in [2.75, 3.05) is 6.54 Å². The van der Waals surface area contributed by atoms with E-state index in [2.05, 4.69) is 16.2 Å². The Labute approximate surface area is 145 Å². The van der Waals surface area contributed by atoms with Gasteiger partial charge in [-0.05, 0) is 30.7 Å². The summed E-state index contributed by atoms with van der Waals surface area (Å²) in [6.07, 6.45) is 6.82. The molecule has 2 aromatic carbocycles. The van der Waals surface area contributed by atoms with Crippen LogP contribution >= 0.6 is 0 Å². The van der Waals surface area contributed by atoms with Crippen LogP contribution in [0.25, 0.3) is 11.0 Å². The molecule has 0 radical (unpaired) electrons. The zero-order valence-electron chi connectivity index (χ0n) is 13.7. The number of nitrogens with zero attached hydrogens (tertiary/aromatic N) is 2. The highest BCUT2D eigenvalue weighted by Crippen LogP contribution is 2.16. The predicted molar refractivity (Wildman–Crippen MR) is 95.6 cm³/mol. The number of halogens is 1. The van der Waals surface area contributed by atoms with Crippen LogP contribution in [0.15, 0.2) is 48.5 Å². The molecule has 1 amide bonds. The largest absolute Gasteiger partial charge is 0.352 e. The van der Waals surface area contributed by atoms with Gasteiger partial charge in [0.25, 0.3) is 5.91 Å². The average molecular weight is 335 g/mol. The lowest BCUT2D eigenvalue weighted by molar-refractivity contribution is 0.0949. The Morgan fingerprint density at radius 2 is 1.96 bits per heavy atom. The van der Waals surface area contributed by atoms with Gasteiger partial charge in [0.05, 0.1) is 23.1 Å². The van der Waals surface area contributed by atoms with Gasteiger partial charge in [0.1, 0.15) is 11.6 Å². The average Bonchev–Trinajstić information content (AvgIpc) is 2.97. The van der Waals surface area contributed by atoms with Crippen molar-refractivity contribution in [3.63, 3.8) is 0 Å². The molecule has 0 bridgehead atoms. The highest BCUT2D eigenvalue weighted by atomic mass is 19.1. The standard InChI is InChI=1S/C20H18FN3O/c1-2-14-24-18-11-6-5-10-17(18)23-19(24)12-7-13-22-20(25)15-8-3-4-9-16(15)21/h1,3-6,8-11H,7,12-14H2,(H,22,25). The first-order valence-electron chi connectivity index (χ1n) is 8.11. The quantitative estimate of drug-likeness (QED) is 0.555. The molecule has 0 aliphatic carbocycles. The second kappa shape index (κ2) is 7.63. The first-order chi connectivity index (χ1) is 12.2. The van der Waals surface area contributed by atoms with Crippen molar-refractivity contribution in [3.8, 4) is 12.3 Å². The molecule has 1 aromatic heterocycles. The number of carbonyl (C=O) groups is 1. The van der Waals surface area contributed by atoms with Gasteiger partial charge in [0.2, 0.25) is 0 Å². The summed E-state index contributed by atoms with van der Waals surface area (Å²) in [5.41, 5.74) is 1.97. The number of amides is 1. The minimum Gasteiger partial charge on any atom is -0.352 e. The third-order valence-corrected chi connectivity index (χ3v) is 3.96. The zero-order chi connectivity index (χ0) is 17.6. The summed E-state index contributed by atoms with van der Waals surface area (Å²) in [5.74, 6) is 2.61. The number of imidazole rings is 1. The number of para-hydroxylation sites is 2. The molecule has 4 nitrogen and oxygen atoms in total. The van der Waals surface area contributed by atoms with E-state index in [1.54, 1.807) is 12.1 Å². The maximum Gasteiger partial charge on any atom is 0.254 e. The van der Waals surface area contributed by atoms with Crippen LogP contribution in [0.3, 0.4) is 0 Å². The summed E-state index contributed by atoms with van der Waals surface area (Å²) in [4.78, 5) is 16.6. The van der Waals surface area contributed by atoms with Gasteiger partial charge in [-0.15, -0.1) is 6.42 Å². The Hall–Kier alpha value is -3.13. The SMILES string of the molecule is C#CCn1c(CCCNC(=O)c2ccccc2F)nc2ccccc21. The number of terminal acetylenes is 1. The molecule has 0 saturated carbocycles. The van der Waals surface area contributed by atoms with Crippen molar-refractivity contribution >= 4 is 16.9 Å². The van der Waals surface area contributed by atoms with Gasteiger partial charge in [-0.3, -0.25) is 4.79 Å². The summed E-state index contributed by atoms with van der Waals surface area (Å²) >= 11 is 0. The fourth-order valence-corrected chi connectivity index (χ4v) is 2.77. The maximum absolute atomic E-state index is 13.6. The van der Waals surface area contributed by atoms with Crippen molar-refractivity contribution in [3.05, 3.63) is 65.7 Å². The number of carbonyl (C=O) groups excluding carboxylic acids is 1. The number of fused-ring (bicyclic) bond motifs is 1. The molecule has 0 spiro atoms. The minimum absolute atomic E-state index is 0.0575. The molecule has 0 unspecified atom stereocenters. The van der Waals surface area contributed by atoms with E-state index >= 15 is 0 Å². The second-order valence-corrected chi connectivity index (χ2v) is 5.65. The van der Waals surface area contributed by atoms with Crippen LogP contribution in [0, 0.1) is 18.2 Å². The first kappa shape index (κ1) is 16.7. The van der Waals surface area contributed by atoms with Crippen LogP contribution in [0.4, 0.5) is 4.39 Å². The molecule has 0 fully saturated rings. The lowest BCUT2D eigenvalue weighted by atomic mass is 10.2. The van der Waals surface area contributed by atoms with Crippen LogP contribution in [0.5, 0.6) is 0 Å². The number of benzene rings is 2. The third kappa shape index (κ3) is 3.69. The number of aromatic nitrogens is 2. The van der Waals surface area contributed by atoms with Crippen molar-refractivity contribution < 1.29 is 9.18 Å². The number of hydrogen-bond acceptors (Lipinski definition) is 2. The molecule has 3 rings (SSSR count). The Kier molecular flexibility index (Phi) is 5.10. The van der Waals surface area contributed by atoms with Gasteiger partial charge in [-0.25, -0.2) is 9.37 Å². The van der Waals surface area contributed by atoms with E-state index in [4.69, 9.17) is 6.42 Å². The number of nitrogens with one attached hydrogen (secondary N) is 1. The van der Waals surface area contributed by atoms with Gasteiger partial charge in [0.15, 0.2) is 0 Å². The molecule has 5 heteroatoms. The molecular formula is C20H18FN3O. The van der Waals surface area contributed by atoms with Crippen LogP contribution in [-0.4, -0.2) is 22.0 Å². The second-order valence-electron chi connectivity index (χ2n) is 5.65. The number of aryl methyl sites for hydroxylation is 1. The summed E-state index contributed by atoms with van der Waals surface area (Å²) in [5, 5.41) is 2.74. The topological polar surface area (TPSA) is 46.9 Å². The van der Waals surface area contributed by atoms with E-state index in [0.29, 0.717) is 25.9 Å². The van der Waals surface area contributed by atoms with Gasteiger partial charge >= 0.3 is 0 Å². The zero-order valence-corrected chi connectivity index (χ0v) is 13.7. The lowest BCUT2D eigenvalue weighted by Gasteiger charge is -2.07. The van der Waals surface area contributed by atoms with Crippen LogP contribution < -0.4 is 5.32 Å². The molecular weight excluding hydrogens is 317 g/mol. The molecule has 0 saturated heterocycles. The van der Waals surface area contributed by atoms with E-state index in [1.807, 2.05) is 28.8 Å². The summed E-state index contributed by atoms with van der Waals surface area (Å²) < 4.78 is 15.6. The molecule has 0 atom stereocenters. The molecule has 25 heavy (non-hydrogen) atoms. The van der Waals surface area contributed by atoms with E-state index in [-0.39, 0.29) is 5.56 Å². The van der Waals surface area contributed by atoms with E-state index in [1.165, 1.54) is 12.1 Å². The van der Waals surface area contributed by atoms with E-state index in [9.17, 15) is 9.18 Å². The third-order valence-electron chi connectivity index (χ3n) is 3.96. The van der Waals surface area contributed by atoms with Gasteiger partial charge in [-0.2, -0.15) is 0 Å². The molecule has 1 heterocycles. The van der Waals surface area contributed by atoms with Crippen molar-refractivity contribution in [1.82, 2.24) is 14.9 Å². The monoisotopic (exact) mass is 335 g/mol. The van der Waals surface area contributed by atoms with Crippen molar-refractivity contribution in [2.24, 2.45) is 0 Å². The minimum atomic E-state index is -0.518. The molecule has 126 valence electrons. The van der Waals surface area contributed by atoms with Crippen LogP contribution in [0.1, 0.15) is 22.6 Å². The fraction of sp³-hybridized carbons (Fsp3) is 0.200. The summed E-state index contributed by atoms with van der Waals surface area (Å²) in [6, 6.07) is 13.8. The molecule has 1 N–H and O–H groups in total. The van der Waals surface area contributed by atoms with Crippen LogP contribution in [-0.2, 0) is 13.0 Å². The Bertz CT molecular complexity index is 940. The predicted octanol–water partition coefficient (Wildman–Crippen LogP) is 3.17. The Morgan fingerprint density at radius 3 is 2.76 bits per heavy atom. The van der Waals surface area contributed by atoms with Crippen molar-refractivity contribution in [2.45, 2.75) is 19.4 Å². The lowest BCUT2D eigenvalue weighted by Crippen LogP contribution is -2.25. The van der Waals surface area contributed by atoms with E-state index in [0.717, 1.165) is 16.9 Å². The molecule has 3 aromatic rings. The number of hydrogen-bond donors (Lipinski definition) is 1. The first-order valence-corrected chi connectivity index (χ1v) is 8.11.